The average molecular weight is 271 g/mol. The third-order valence-corrected chi connectivity index (χ3v) is 3.59. The molecule has 6 heteroatoms. The number of ether oxygens (including phenoxy) is 1. The van der Waals surface area contributed by atoms with Gasteiger partial charge in [0.15, 0.2) is 0 Å². The van der Waals surface area contributed by atoms with E-state index in [4.69, 9.17) is 22.1 Å². The largest absolute Gasteiger partial charge is 0.489 e. The minimum absolute atomic E-state index is 0.0332. The Bertz CT molecular complexity index is 453. The number of nitrogens with two attached hydrogens (primary N) is 1. The van der Waals surface area contributed by atoms with Crippen molar-refractivity contribution < 1.29 is 9.66 Å². The molecule has 0 aliphatic heterocycles. The molecule has 0 saturated heterocycles. The van der Waals surface area contributed by atoms with Crippen LogP contribution >= 0.6 is 11.6 Å². The molecule has 0 aromatic heterocycles. The number of hydrogen-bond acceptors (Lipinski definition) is 4. The Morgan fingerprint density at radius 1 is 1.50 bits per heavy atom. The van der Waals surface area contributed by atoms with Gasteiger partial charge < -0.3 is 10.5 Å². The number of halogens is 1. The van der Waals surface area contributed by atoms with Crippen LogP contribution in [0.5, 0.6) is 5.75 Å². The van der Waals surface area contributed by atoms with Crippen LogP contribution in [0.25, 0.3) is 0 Å². The molecule has 0 spiro atoms. The maximum absolute atomic E-state index is 10.6. The zero-order chi connectivity index (χ0) is 13.1. The molecule has 98 valence electrons. The van der Waals surface area contributed by atoms with Gasteiger partial charge in [-0.15, -0.1) is 0 Å². The van der Waals surface area contributed by atoms with Gasteiger partial charge in [-0.1, -0.05) is 11.6 Å². The van der Waals surface area contributed by atoms with Crippen molar-refractivity contribution in [3.8, 4) is 5.75 Å². The molecule has 18 heavy (non-hydrogen) atoms. The van der Waals surface area contributed by atoms with E-state index in [0.29, 0.717) is 18.2 Å². The highest BCUT2D eigenvalue weighted by molar-refractivity contribution is 6.32. The van der Waals surface area contributed by atoms with Gasteiger partial charge in [0, 0.05) is 18.1 Å². The fourth-order valence-electron chi connectivity index (χ4n) is 2.29. The smallest absolute Gasteiger partial charge is 0.271 e. The van der Waals surface area contributed by atoms with Crippen molar-refractivity contribution in [1.29, 1.82) is 0 Å². The Morgan fingerprint density at radius 3 is 2.89 bits per heavy atom. The summed E-state index contributed by atoms with van der Waals surface area (Å²) in [6, 6.07) is 4.25. The van der Waals surface area contributed by atoms with Crippen LogP contribution in [-0.4, -0.2) is 17.6 Å². The summed E-state index contributed by atoms with van der Waals surface area (Å²) in [7, 11) is 0. The first kappa shape index (κ1) is 13.1. The molecule has 2 N–H and O–H groups in total. The van der Waals surface area contributed by atoms with Crippen LogP contribution in [0.15, 0.2) is 18.2 Å². The van der Waals surface area contributed by atoms with Crippen molar-refractivity contribution in [3.05, 3.63) is 33.3 Å². The van der Waals surface area contributed by atoms with Gasteiger partial charge >= 0.3 is 0 Å². The molecule has 2 atom stereocenters. The van der Waals surface area contributed by atoms with Gasteiger partial charge in [0.25, 0.3) is 5.69 Å². The van der Waals surface area contributed by atoms with Gasteiger partial charge in [0.1, 0.15) is 11.9 Å². The minimum atomic E-state index is -0.478. The maximum Gasteiger partial charge on any atom is 0.271 e. The van der Waals surface area contributed by atoms with Crippen LogP contribution in [-0.2, 0) is 0 Å². The SMILES string of the molecule is NCC1CCCC1Oc1ccc([N+](=O)[O-])cc1Cl. The molecule has 2 unspecified atom stereocenters. The summed E-state index contributed by atoms with van der Waals surface area (Å²) in [4.78, 5) is 10.1. The van der Waals surface area contributed by atoms with E-state index >= 15 is 0 Å². The van der Waals surface area contributed by atoms with Crippen molar-refractivity contribution in [2.45, 2.75) is 25.4 Å². The first-order chi connectivity index (χ1) is 8.61. The van der Waals surface area contributed by atoms with E-state index < -0.39 is 4.92 Å². The van der Waals surface area contributed by atoms with E-state index in [9.17, 15) is 10.1 Å². The average Bonchev–Trinajstić information content (AvgIpc) is 2.78. The number of nitro groups is 1. The summed E-state index contributed by atoms with van der Waals surface area (Å²) in [5.74, 6) is 0.837. The number of nitrogens with zero attached hydrogens (tertiary/aromatic N) is 1. The standard InChI is InChI=1S/C12H15ClN2O3/c13-10-6-9(15(16)17)4-5-12(10)18-11-3-1-2-8(11)7-14/h4-6,8,11H,1-3,7,14H2. The Hall–Kier alpha value is -1.33. The zero-order valence-electron chi connectivity index (χ0n) is 9.84. The van der Waals surface area contributed by atoms with Crippen LogP contribution in [0.1, 0.15) is 19.3 Å². The number of non-ortho nitro benzene ring substituents is 1. The molecule has 1 aliphatic carbocycles. The van der Waals surface area contributed by atoms with Gasteiger partial charge in [-0.2, -0.15) is 0 Å². The van der Waals surface area contributed by atoms with Crippen molar-refractivity contribution in [2.24, 2.45) is 11.7 Å². The molecule has 0 heterocycles. The summed E-state index contributed by atoms with van der Waals surface area (Å²) in [6.45, 7) is 0.593. The van der Waals surface area contributed by atoms with Crippen molar-refractivity contribution in [1.82, 2.24) is 0 Å². The second kappa shape index (κ2) is 5.54. The van der Waals surface area contributed by atoms with E-state index in [0.717, 1.165) is 19.3 Å². The van der Waals surface area contributed by atoms with Gasteiger partial charge in [-0.3, -0.25) is 10.1 Å². The maximum atomic E-state index is 10.6. The van der Waals surface area contributed by atoms with E-state index in [1.165, 1.54) is 12.1 Å². The van der Waals surface area contributed by atoms with Crippen LogP contribution in [0.3, 0.4) is 0 Å². The first-order valence-electron chi connectivity index (χ1n) is 5.92. The first-order valence-corrected chi connectivity index (χ1v) is 6.30. The Balaban J connectivity index is 2.12. The van der Waals surface area contributed by atoms with Gasteiger partial charge in [-0.05, 0) is 31.9 Å². The molecule has 1 saturated carbocycles. The summed E-state index contributed by atoms with van der Waals surface area (Å²) in [6.07, 6.45) is 3.17. The third kappa shape index (κ3) is 2.73. The summed E-state index contributed by atoms with van der Waals surface area (Å²) in [5, 5.41) is 10.9. The highest BCUT2D eigenvalue weighted by Crippen LogP contribution is 2.34. The summed E-state index contributed by atoms with van der Waals surface area (Å²) in [5.41, 5.74) is 5.64. The number of nitro benzene ring substituents is 1. The molecule has 5 nitrogen and oxygen atoms in total. The number of benzene rings is 1. The molecule has 1 fully saturated rings. The molecule has 1 aromatic carbocycles. The van der Waals surface area contributed by atoms with Crippen LogP contribution in [0.2, 0.25) is 5.02 Å². The fourth-order valence-corrected chi connectivity index (χ4v) is 2.51. The monoisotopic (exact) mass is 270 g/mol. The molecule has 0 amide bonds. The van der Waals surface area contributed by atoms with Crippen molar-refractivity contribution in [2.75, 3.05) is 6.54 Å². The molecular formula is C12H15ClN2O3. The minimum Gasteiger partial charge on any atom is -0.489 e. The van der Waals surface area contributed by atoms with Gasteiger partial charge in [0.2, 0.25) is 0 Å². The zero-order valence-corrected chi connectivity index (χ0v) is 10.6. The highest BCUT2D eigenvalue weighted by atomic mass is 35.5. The molecule has 0 radical (unpaired) electrons. The predicted octanol–water partition coefficient (Wildman–Crippen LogP) is 2.75. The Labute approximate surface area is 110 Å². The lowest BCUT2D eigenvalue weighted by Gasteiger charge is -2.20. The molecule has 0 bridgehead atoms. The van der Waals surface area contributed by atoms with Gasteiger partial charge in [0.05, 0.1) is 9.95 Å². The summed E-state index contributed by atoms with van der Waals surface area (Å²) >= 11 is 5.98. The highest BCUT2D eigenvalue weighted by Gasteiger charge is 2.28. The second-order valence-corrected chi connectivity index (χ2v) is 4.86. The van der Waals surface area contributed by atoms with Crippen molar-refractivity contribution >= 4 is 17.3 Å². The van der Waals surface area contributed by atoms with Crippen molar-refractivity contribution in [3.63, 3.8) is 0 Å². The Morgan fingerprint density at radius 2 is 2.28 bits per heavy atom. The fraction of sp³-hybridized carbons (Fsp3) is 0.500. The second-order valence-electron chi connectivity index (χ2n) is 4.45. The van der Waals surface area contributed by atoms with Crippen LogP contribution in [0.4, 0.5) is 5.69 Å². The van der Waals surface area contributed by atoms with Gasteiger partial charge in [-0.25, -0.2) is 0 Å². The molecule has 1 aromatic rings. The quantitative estimate of drug-likeness (QED) is 0.674. The predicted molar refractivity (Wildman–Crippen MR) is 68.9 cm³/mol. The van der Waals surface area contributed by atoms with E-state index in [-0.39, 0.29) is 16.8 Å². The number of rotatable bonds is 4. The molecule has 2 rings (SSSR count). The lowest BCUT2D eigenvalue weighted by Crippen LogP contribution is -2.27. The lowest BCUT2D eigenvalue weighted by atomic mass is 10.1. The normalized spacial score (nSPS) is 23.0. The van der Waals surface area contributed by atoms with Crippen LogP contribution < -0.4 is 10.5 Å². The van der Waals surface area contributed by atoms with E-state index in [1.54, 1.807) is 6.07 Å². The van der Waals surface area contributed by atoms with Crippen LogP contribution in [0, 0.1) is 16.0 Å². The summed E-state index contributed by atoms with van der Waals surface area (Å²) < 4.78 is 5.81. The Kier molecular flexibility index (Phi) is 4.04. The molecular weight excluding hydrogens is 256 g/mol. The molecule has 1 aliphatic rings. The van der Waals surface area contributed by atoms with E-state index in [2.05, 4.69) is 0 Å². The topological polar surface area (TPSA) is 78.4 Å². The number of hydrogen-bond donors (Lipinski definition) is 1. The third-order valence-electron chi connectivity index (χ3n) is 3.30. The lowest BCUT2D eigenvalue weighted by molar-refractivity contribution is -0.384. The van der Waals surface area contributed by atoms with E-state index in [1.807, 2.05) is 0 Å².